The zero-order valence-electron chi connectivity index (χ0n) is 17.9. The predicted molar refractivity (Wildman–Crippen MR) is 127 cm³/mol. The van der Waals surface area contributed by atoms with Gasteiger partial charge in [0.15, 0.2) is 5.82 Å². The van der Waals surface area contributed by atoms with Gasteiger partial charge < -0.3 is 9.80 Å². The van der Waals surface area contributed by atoms with Crippen molar-refractivity contribution in [2.45, 2.75) is 25.3 Å². The summed E-state index contributed by atoms with van der Waals surface area (Å²) in [5.74, 6) is 1.28. The molecule has 1 N–H and O–H groups in total. The lowest BCUT2D eigenvalue weighted by Gasteiger charge is -2.35. The minimum atomic E-state index is -0.174. The van der Waals surface area contributed by atoms with Gasteiger partial charge in [-0.1, -0.05) is 18.2 Å². The Morgan fingerprint density at radius 2 is 1.88 bits per heavy atom. The number of hydrogen-bond donors (Lipinski definition) is 1. The van der Waals surface area contributed by atoms with E-state index in [9.17, 15) is 4.79 Å². The number of nitrogens with one attached hydrogen (secondary N) is 1. The number of aromatic nitrogens is 2. The number of amides is 2. The van der Waals surface area contributed by atoms with E-state index >= 15 is 0 Å². The lowest BCUT2D eigenvalue weighted by atomic mass is 10.1. The second-order valence-electron chi connectivity index (χ2n) is 8.69. The lowest BCUT2D eigenvalue weighted by molar-refractivity contribution is 0.254. The summed E-state index contributed by atoms with van der Waals surface area (Å²) in [6.45, 7) is 4.00. The van der Waals surface area contributed by atoms with Crippen molar-refractivity contribution < 1.29 is 4.79 Å². The molecule has 5 heterocycles. The van der Waals surface area contributed by atoms with Gasteiger partial charge in [0.05, 0.1) is 17.4 Å². The van der Waals surface area contributed by atoms with Gasteiger partial charge in [0.25, 0.3) is 0 Å². The largest absolute Gasteiger partial charge is 0.372 e. The molecule has 0 aliphatic carbocycles. The maximum absolute atomic E-state index is 13.3. The number of benzene rings is 1. The summed E-state index contributed by atoms with van der Waals surface area (Å²) in [6.07, 6.45) is 5.12. The first-order valence-corrected chi connectivity index (χ1v) is 11.4. The normalized spacial score (nSPS) is 19.2. The Morgan fingerprint density at radius 1 is 0.969 bits per heavy atom. The van der Waals surface area contributed by atoms with E-state index in [-0.39, 0.29) is 12.1 Å². The van der Waals surface area contributed by atoms with Gasteiger partial charge in [-0.2, -0.15) is 0 Å². The second kappa shape index (κ2) is 7.82. The molecule has 2 bridgehead atoms. The molecule has 2 fully saturated rings. The van der Waals surface area contributed by atoms with Crippen LogP contribution >= 0.6 is 0 Å². The van der Waals surface area contributed by atoms with Crippen LogP contribution in [0.4, 0.5) is 27.8 Å². The van der Waals surface area contributed by atoms with Crippen molar-refractivity contribution in [3.05, 3.63) is 60.8 Å². The van der Waals surface area contributed by atoms with Crippen LogP contribution in [-0.4, -0.2) is 48.2 Å². The van der Waals surface area contributed by atoms with Crippen LogP contribution in [0.15, 0.2) is 60.8 Å². The summed E-state index contributed by atoms with van der Waals surface area (Å²) < 4.78 is 0. The predicted octanol–water partition coefficient (Wildman–Crippen LogP) is 4.37. The number of hydrogen-bond acceptors (Lipinski definition) is 5. The molecule has 1 aromatic carbocycles. The molecular formula is C25H26N6O. The molecule has 3 aliphatic rings. The molecule has 2 aromatic heterocycles. The van der Waals surface area contributed by atoms with Crippen LogP contribution in [0.5, 0.6) is 0 Å². The minimum Gasteiger partial charge on any atom is -0.372 e. The Hall–Kier alpha value is -3.61. The third kappa shape index (κ3) is 3.34. The summed E-state index contributed by atoms with van der Waals surface area (Å²) in [5.41, 5.74) is 4.24. The Labute approximate surface area is 187 Å². The van der Waals surface area contributed by atoms with E-state index in [2.05, 4.69) is 56.5 Å². The number of urea groups is 1. The molecule has 0 unspecified atom stereocenters. The zero-order chi connectivity index (χ0) is 21.5. The number of anilines is 4. The van der Waals surface area contributed by atoms with Crippen LogP contribution in [0.3, 0.4) is 0 Å². The highest BCUT2D eigenvalue weighted by atomic mass is 16.2. The Morgan fingerprint density at radius 3 is 2.72 bits per heavy atom. The van der Waals surface area contributed by atoms with E-state index in [1.165, 1.54) is 18.5 Å². The first-order chi connectivity index (χ1) is 15.8. The average molecular weight is 427 g/mol. The molecule has 162 valence electrons. The molecule has 6 rings (SSSR count). The molecule has 0 spiro atoms. The van der Waals surface area contributed by atoms with Crippen LogP contribution in [0, 0.1) is 0 Å². The van der Waals surface area contributed by atoms with Crippen LogP contribution < -0.4 is 20.0 Å². The molecule has 2 amide bonds. The van der Waals surface area contributed by atoms with Crippen LogP contribution in [0.2, 0.25) is 0 Å². The molecule has 3 aromatic rings. The average Bonchev–Trinajstić information content (AvgIpc) is 3.51. The van der Waals surface area contributed by atoms with Crippen molar-refractivity contribution in [2.75, 3.05) is 46.2 Å². The lowest BCUT2D eigenvalue weighted by Crippen LogP contribution is -2.48. The topological polar surface area (TPSA) is 64.6 Å². The fourth-order valence-electron chi connectivity index (χ4n) is 5.08. The van der Waals surface area contributed by atoms with Gasteiger partial charge in [-0.3, -0.25) is 10.2 Å². The highest BCUT2D eigenvalue weighted by Crippen LogP contribution is 2.40. The van der Waals surface area contributed by atoms with E-state index in [0.29, 0.717) is 5.82 Å². The summed E-state index contributed by atoms with van der Waals surface area (Å²) in [7, 11) is 0. The third-order valence-electron chi connectivity index (χ3n) is 6.68. The quantitative estimate of drug-likeness (QED) is 0.674. The SMILES string of the molecule is O=C(Nc1ccccn1)N1c2nc(-c3cccc(N4CCCC4)c3)ccc2N2CC[C@H]1C2. The zero-order valence-corrected chi connectivity index (χ0v) is 17.9. The number of carbonyl (C=O) groups is 1. The van der Waals surface area contributed by atoms with Gasteiger partial charge in [0.2, 0.25) is 0 Å². The van der Waals surface area contributed by atoms with Crippen LogP contribution in [-0.2, 0) is 0 Å². The van der Waals surface area contributed by atoms with Gasteiger partial charge in [0.1, 0.15) is 5.82 Å². The standard InChI is InChI=1S/C25H26N6O/c32-25(28-23-8-1-2-12-26-23)31-20-11-15-30(17-20)22-10-9-21(27-24(22)31)18-6-5-7-19(16-18)29-13-3-4-14-29/h1-2,5-10,12,16,20H,3-4,11,13-15,17H2,(H,26,28,32)/t20-/m0/s1. The molecule has 0 saturated carbocycles. The Balaban J connectivity index is 1.36. The summed E-state index contributed by atoms with van der Waals surface area (Å²) in [4.78, 5) is 29.2. The van der Waals surface area contributed by atoms with E-state index in [4.69, 9.17) is 4.98 Å². The van der Waals surface area contributed by atoms with Crippen molar-refractivity contribution in [3.63, 3.8) is 0 Å². The fraction of sp³-hybridized carbons (Fsp3) is 0.320. The Kier molecular flexibility index (Phi) is 4.67. The molecule has 32 heavy (non-hydrogen) atoms. The van der Waals surface area contributed by atoms with Gasteiger partial charge in [0, 0.05) is 43.6 Å². The van der Waals surface area contributed by atoms with E-state index in [1.807, 2.05) is 17.0 Å². The van der Waals surface area contributed by atoms with Gasteiger partial charge >= 0.3 is 6.03 Å². The molecule has 7 heteroatoms. The van der Waals surface area contributed by atoms with Crippen molar-refractivity contribution >= 4 is 29.0 Å². The highest BCUT2D eigenvalue weighted by molar-refractivity contribution is 6.04. The maximum atomic E-state index is 13.3. The monoisotopic (exact) mass is 426 g/mol. The molecule has 0 radical (unpaired) electrons. The van der Waals surface area contributed by atoms with E-state index in [0.717, 1.165) is 55.4 Å². The van der Waals surface area contributed by atoms with E-state index in [1.54, 1.807) is 12.3 Å². The summed E-state index contributed by atoms with van der Waals surface area (Å²) in [6, 6.07) is 18.2. The number of rotatable bonds is 3. The van der Waals surface area contributed by atoms with Crippen LogP contribution in [0.1, 0.15) is 19.3 Å². The van der Waals surface area contributed by atoms with Gasteiger partial charge in [-0.05, 0) is 55.7 Å². The highest BCUT2D eigenvalue weighted by Gasteiger charge is 2.40. The molecular weight excluding hydrogens is 400 g/mol. The Bertz CT molecular complexity index is 1140. The van der Waals surface area contributed by atoms with Crippen molar-refractivity contribution in [2.24, 2.45) is 0 Å². The molecule has 3 aliphatic heterocycles. The first-order valence-electron chi connectivity index (χ1n) is 11.4. The van der Waals surface area contributed by atoms with Gasteiger partial charge in [-0.15, -0.1) is 0 Å². The number of fused-ring (bicyclic) bond motifs is 4. The summed E-state index contributed by atoms with van der Waals surface area (Å²) in [5, 5.41) is 2.95. The molecule has 7 nitrogen and oxygen atoms in total. The maximum Gasteiger partial charge on any atom is 0.329 e. The van der Waals surface area contributed by atoms with Crippen molar-refractivity contribution in [1.29, 1.82) is 0 Å². The smallest absolute Gasteiger partial charge is 0.329 e. The van der Waals surface area contributed by atoms with E-state index < -0.39 is 0 Å². The third-order valence-corrected chi connectivity index (χ3v) is 6.68. The van der Waals surface area contributed by atoms with Crippen molar-refractivity contribution in [3.8, 4) is 11.3 Å². The fourth-order valence-corrected chi connectivity index (χ4v) is 5.08. The van der Waals surface area contributed by atoms with Crippen LogP contribution in [0.25, 0.3) is 11.3 Å². The number of nitrogens with zero attached hydrogens (tertiary/aromatic N) is 5. The first kappa shape index (κ1) is 19.1. The second-order valence-corrected chi connectivity index (χ2v) is 8.69. The molecule has 2 saturated heterocycles. The number of pyridine rings is 2. The molecule has 1 atom stereocenters. The van der Waals surface area contributed by atoms with Crippen molar-refractivity contribution in [1.82, 2.24) is 9.97 Å². The minimum absolute atomic E-state index is 0.116. The number of carbonyl (C=O) groups excluding carboxylic acids is 1. The van der Waals surface area contributed by atoms with Gasteiger partial charge in [-0.25, -0.2) is 14.8 Å². The summed E-state index contributed by atoms with van der Waals surface area (Å²) >= 11 is 0.